The van der Waals surface area contributed by atoms with Gasteiger partial charge in [0.25, 0.3) is 0 Å². The van der Waals surface area contributed by atoms with Crippen LogP contribution in [0.5, 0.6) is 0 Å². The van der Waals surface area contributed by atoms with E-state index < -0.39 is 6.10 Å². The minimum Gasteiger partial charge on any atom is -0.388 e. The molecule has 0 aliphatic rings. The van der Waals surface area contributed by atoms with E-state index in [1.54, 1.807) is 6.92 Å². The van der Waals surface area contributed by atoms with Crippen molar-refractivity contribution in [3.63, 3.8) is 0 Å². The van der Waals surface area contributed by atoms with E-state index in [-0.39, 0.29) is 10.6 Å². The maximum Gasteiger partial charge on any atom is 0.304 e. The van der Waals surface area contributed by atoms with Crippen molar-refractivity contribution in [2.75, 3.05) is 18.0 Å². The Morgan fingerprint density at radius 2 is 2.00 bits per heavy atom. The van der Waals surface area contributed by atoms with Crippen LogP contribution in [-0.2, 0) is 0 Å². The summed E-state index contributed by atoms with van der Waals surface area (Å²) in [6, 6.07) is 1.49. The van der Waals surface area contributed by atoms with Crippen molar-refractivity contribution in [2.24, 2.45) is 0 Å². The number of aliphatic hydroxyl groups is 1. The van der Waals surface area contributed by atoms with Gasteiger partial charge >= 0.3 is 5.69 Å². The minimum absolute atomic E-state index is 0.109. The molecule has 0 fully saturated rings. The molecule has 18 heavy (non-hydrogen) atoms. The second-order valence-electron chi connectivity index (χ2n) is 4.26. The molecule has 6 heteroatoms. The Labute approximate surface area is 111 Å². The monoisotopic (exact) mass is 272 g/mol. The molecule has 1 aromatic heterocycles. The van der Waals surface area contributed by atoms with Gasteiger partial charge in [-0.1, -0.05) is 13.8 Å². The molecule has 1 N–H and O–H groups in total. The van der Waals surface area contributed by atoms with Crippen LogP contribution >= 0.6 is 11.3 Å². The van der Waals surface area contributed by atoms with Crippen molar-refractivity contribution < 1.29 is 10.0 Å². The lowest BCUT2D eigenvalue weighted by molar-refractivity contribution is -0.383. The highest BCUT2D eigenvalue weighted by molar-refractivity contribution is 7.16. The number of anilines is 1. The van der Waals surface area contributed by atoms with Crippen LogP contribution in [0.4, 0.5) is 10.7 Å². The smallest absolute Gasteiger partial charge is 0.304 e. The molecule has 0 aliphatic heterocycles. The molecule has 102 valence electrons. The molecule has 0 saturated heterocycles. The summed E-state index contributed by atoms with van der Waals surface area (Å²) < 4.78 is 0. The van der Waals surface area contributed by atoms with Crippen LogP contribution in [0.3, 0.4) is 0 Å². The van der Waals surface area contributed by atoms with Gasteiger partial charge in [-0.2, -0.15) is 0 Å². The predicted octanol–water partition coefficient (Wildman–Crippen LogP) is 3.34. The van der Waals surface area contributed by atoms with E-state index in [0.717, 1.165) is 25.9 Å². The van der Waals surface area contributed by atoms with E-state index in [4.69, 9.17) is 0 Å². The van der Waals surface area contributed by atoms with E-state index >= 15 is 0 Å². The fraction of sp³-hybridized carbons (Fsp3) is 0.667. The van der Waals surface area contributed by atoms with Crippen LogP contribution in [0.1, 0.15) is 44.6 Å². The van der Waals surface area contributed by atoms with Gasteiger partial charge in [0.05, 0.1) is 11.0 Å². The third-order valence-corrected chi connectivity index (χ3v) is 3.95. The second-order valence-corrected chi connectivity index (χ2v) is 5.32. The first kappa shape index (κ1) is 14.9. The zero-order valence-corrected chi connectivity index (χ0v) is 11.9. The van der Waals surface area contributed by atoms with Crippen LogP contribution in [0.15, 0.2) is 6.07 Å². The average Bonchev–Trinajstić information content (AvgIpc) is 2.73. The first-order chi connectivity index (χ1) is 8.51. The number of rotatable bonds is 7. The van der Waals surface area contributed by atoms with Gasteiger partial charge in [0.2, 0.25) is 0 Å². The van der Waals surface area contributed by atoms with E-state index in [0.29, 0.717) is 9.88 Å². The maximum atomic E-state index is 11.1. The highest BCUT2D eigenvalue weighted by Gasteiger charge is 2.24. The van der Waals surface area contributed by atoms with Crippen LogP contribution in [0.2, 0.25) is 0 Å². The van der Waals surface area contributed by atoms with Gasteiger partial charge in [-0.15, -0.1) is 11.3 Å². The lowest BCUT2D eigenvalue weighted by atomic mass is 10.3. The van der Waals surface area contributed by atoms with Crippen LogP contribution in [0, 0.1) is 10.1 Å². The molecule has 1 rings (SSSR count). The van der Waals surface area contributed by atoms with Crippen LogP contribution in [-0.4, -0.2) is 23.1 Å². The highest BCUT2D eigenvalue weighted by Crippen LogP contribution is 2.40. The summed E-state index contributed by atoms with van der Waals surface area (Å²) in [6.07, 6.45) is 1.23. The Morgan fingerprint density at radius 1 is 1.44 bits per heavy atom. The van der Waals surface area contributed by atoms with Gasteiger partial charge in [-0.25, -0.2) is 0 Å². The SMILES string of the molecule is CCCN(CCC)c1sc([C@@H](C)O)cc1[N+](=O)[O-]. The molecule has 0 unspecified atom stereocenters. The minimum atomic E-state index is -0.660. The summed E-state index contributed by atoms with van der Waals surface area (Å²) in [5.74, 6) is 0. The van der Waals surface area contributed by atoms with Crippen molar-refractivity contribution in [1.82, 2.24) is 0 Å². The quantitative estimate of drug-likeness (QED) is 0.610. The molecule has 5 nitrogen and oxygen atoms in total. The number of nitro groups is 1. The van der Waals surface area contributed by atoms with E-state index in [1.165, 1.54) is 17.4 Å². The Kier molecular flexibility index (Phi) is 5.55. The molecule has 1 heterocycles. The Bertz CT molecular complexity index is 398. The zero-order valence-electron chi connectivity index (χ0n) is 11.0. The van der Waals surface area contributed by atoms with Gasteiger partial charge in [-0.05, 0) is 19.8 Å². The largest absolute Gasteiger partial charge is 0.388 e. The van der Waals surface area contributed by atoms with Gasteiger partial charge in [-0.3, -0.25) is 10.1 Å². The molecular weight excluding hydrogens is 252 g/mol. The number of thiophene rings is 1. The number of aliphatic hydroxyl groups excluding tert-OH is 1. The van der Waals surface area contributed by atoms with Crippen molar-refractivity contribution >= 4 is 22.0 Å². The highest BCUT2D eigenvalue weighted by atomic mass is 32.1. The van der Waals surface area contributed by atoms with Crippen LogP contribution in [0.25, 0.3) is 0 Å². The molecule has 0 aliphatic carbocycles. The molecule has 0 aromatic carbocycles. The fourth-order valence-corrected chi connectivity index (χ4v) is 2.92. The Morgan fingerprint density at radius 3 is 2.39 bits per heavy atom. The topological polar surface area (TPSA) is 66.6 Å². The lowest BCUT2D eigenvalue weighted by Gasteiger charge is -2.21. The fourth-order valence-electron chi connectivity index (χ4n) is 1.81. The number of nitrogens with zero attached hydrogens (tertiary/aromatic N) is 2. The molecule has 0 bridgehead atoms. The van der Waals surface area contributed by atoms with Gasteiger partial charge in [0.1, 0.15) is 0 Å². The summed E-state index contributed by atoms with van der Waals surface area (Å²) in [7, 11) is 0. The summed E-state index contributed by atoms with van der Waals surface area (Å²) in [5.41, 5.74) is 0.109. The van der Waals surface area contributed by atoms with Crippen molar-refractivity contribution in [3.8, 4) is 0 Å². The first-order valence-electron chi connectivity index (χ1n) is 6.22. The zero-order chi connectivity index (χ0) is 13.7. The van der Waals surface area contributed by atoms with E-state index in [1.807, 2.05) is 4.90 Å². The molecule has 0 spiro atoms. The third-order valence-electron chi connectivity index (χ3n) is 2.60. The average molecular weight is 272 g/mol. The van der Waals surface area contributed by atoms with Gasteiger partial charge < -0.3 is 10.0 Å². The van der Waals surface area contributed by atoms with E-state index in [9.17, 15) is 15.2 Å². The molecule has 0 amide bonds. The maximum absolute atomic E-state index is 11.1. The van der Waals surface area contributed by atoms with Crippen molar-refractivity contribution in [1.29, 1.82) is 0 Å². The number of hydrogen-bond donors (Lipinski definition) is 1. The summed E-state index contributed by atoms with van der Waals surface area (Å²) >= 11 is 1.32. The normalized spacial score (nSPS) is 12.4. The number of hydrogen-bond acceptors (Lipinski definition) is 5. The Hall–Kier alpha value is -1.14. The van der Waals surface area contributed by atoms with Crippen LogP contribution < -0.4 is 4.90 Å². The third kappa shape index (κ3) is 3.43. The molecule has 1 atom stereocenters. The predicted molar refractivity (Wildman–Crippen MR) is 74.4 cm³/mol. The van der Waals surface area contributed by atoms with Gasteiger partial charge in [0.15, 0.2) is 5.00 Å². The summed E-state index contributed by atoms with van der Waals surface area (Å²) in [6.45, 7) is 7.33. The molecule has 0 radical (unpaired) electrons. The summed E-state index contributed by atoms with van der Waals surface area (Å²) in [5, 5.41) is 21.3. The summed E-state index contributed by atoms with van der Waals surface area (Å²) in [4.78, 5) is 13.4. The Balaban J connectivity index is 3.13. The first-order valence-corrected chi connectivity index (χ1v) is 7.04. The van der Waals surface area contributed by atoms with E-state index in [2.05, 4.69) is 13.8 Å². The standard InChI is InChI=1S/C12H20N2O3S/c1-4-6-13(7-5-2)12-10(14(16)17)8-11(18-12)9(3)15/h8-9,15H,4-7H2,1-3H3/t9-/m1/s1. The lowest BCUT2D eigenvalue weighted by Crippen LogP contribution is -2.24. The van der Waals surface area contributed by atoms with Gasteiger partial charge in [0, 0.05) is 24.0 Å². The van der Waals surface area contributed by atoms with Crippen molar-refractivity contribution in [2.45, 2.75) is 39.7 Å². The second kappa shape index (κ2) is 6.70. The molecular formula is C12H20N2O3S. The molecule has 1 aromatic rings. The molecule has 0 saturated carbocycles. The van der Waals surface area contributed by atoms with Crippen molar-refractivity contribution in [3.05, 3.63) is 21.1 Å².